The SMILES string of the molecule is CN(C)c1ccc2nc(C(=O)N3CC=CC3)cn2c1. The number of rotatable bonds is 2. The van der Waals surface area contributed by atoms with Gasteiger partial charge in [-0.25, -0.2) is 4.98 Å². The normalized spacial score (nSPS) is 14.3. The highest BCUT2D eigenvalue weighted by Gasteiger charge is 2.19. The summed E-state index contributed by atoms with van der Waals surface area (Å²) in [7, 11) is 3.97. The van der Waals surface area contributed by atoms with E-state index in [9.17, 15) is 4.79 Å². The number of nitrogens with zero attached hydrogens (tertiary/aromatic N) is 4. The monoisotopic (exact) mass is 256 g/mol. The number of carbonyl (C=O) groups excluding carboxylic acids is 1. The zero-order chi connectivity index (χ0) is 13.4. The Hall–Kier alpha value is -2.30. The summed E-state index contributed by atoms with van der Waals surface area (Å²) >= 11 is 0. The summed E-state index contributed by atoms with van der Waals surface area (Å²) in [6, 6.07) is 3.92. The first-order valence-corrected chi connectivity index (χ1v) is 6.25. The van der Waals surface area contributed by atoms with Crippen molar-refractivity contribution in [1.29, 1.82) is 0 Å². The number of hydrogen-bond acceptors (Lipinski definition) is 3. The largest absolute Gasteiger partial charge is 0.376 e. The van der Waals surface area contributed by atoms with Crippen molar-refractivity contribution >= 4 is 17.2 Å². The molecule has 0 bridgehead atoms. The summed E-state index contributed by atoms with van der Waals surface area (Å²) in [5.74, 6) is -0.0138. The average molecular weight is 256 g/mol. The molecule has 0 spiro atoms. The van der Waals surface area contributed by atoms with Gasteiger partial charge in [0.25, 0.3) is 5.91 Å². The molecule has 2 aromatic heterocycles. The van der Waals surface area contributed by atoms with Crippen LogP contribution in [0.15, 0.2) is 36.7 Å². The Bertz CT molecular complexity index is 649. The zero-order valence-corrected chi connectivity index (χ0v) is 11.1. The van der Waals surface area contributed by atoms with Gasteiger partial charge in [0.05, 0.1) is 5.69 Å². The van der Waals surface area contributed by atoms with E-state index in [1.54, 1.807) is 11.1 Å². The zero-order valence-electron chi connectivity index (χ0n) is 11.1. The van der Waals surface area contributed by atoms with E-state index in [2.05, 4.69) is 4.98 Å². The number of carbonyl (C=O) groups is 1. The second-order valence-electron chi connectivity index (χ2n) is 4.85. The molecule has 98 valence electrons. The topological polar surface area (TPSA) is 40.9 Å². The van der Waals surface area contributed by atoms with Gasteiger partial charge in [0.2, 0.25) is 0 Å². The van der Waals surface area contributed by atoms with Crippen molar-refractivity contribution in [3.05, 3.63) is 42.4 Å². The summed E-state index contributed by atoms with van der Waals surface area (Å²) < 4.78 is 1.89. The van der Waals surface area contributed by atoms with E-state index in [4.69, 9.17) is 0 Å². The Morgan fingerprint density at radius 1 is 1.21 bits per heavy atom. The lowest BCUT2D eigenvalue weighted by Gasteiger charge is -2.12. The maximum Gasteiger partial charge on any atom is 0.274 e. The lowest BCUT2D eigenvalue weighted by Crippen LogP contribution is -2.28. The van der Waals surface area contributed by atoms with E-state index in [-0.39, 0.29) is 5.91 Å². The van der Waals surface area contributed by atoms with Crippen molar-refractivity contribution < 1.29 is 4.79 Å². The number of aromatic nitrogens is 2. The Morgan fingerprint density at radius 2 is 1.95 bits per heavy atom. The lowest BCUT2D eigenvalue weighted by atomic mass is 10.4. The van der Waals surface area contributed by atoms with Crippen LogP contribution in [0.25, 0.3) is 5.65 Å². The van der Waals surface area contributed by atoms with E-state index in [1.165, 1.54) is 0 Å². The first kappa shape index (κ1) is 11.8. The van der Waals surface area contributed by atoms with Crippen molar-refractivity contribution in [1.82, 2.24) is 14.3 Å². The third kappa shape index (κ3) is 2.07. The van der Waals surface area contributed by atoms with Gasteiger partial charge in [0, 0.05) is 39.6 Å². The van der Waals surface area contributed by atoms with Gasteiger partial charge in [-0.2, -0.15) is 0 Å². The van der Waals surface area contributed by atoms with Gasteiger partial charge in [0.1, 0.15) is 11.3 Å². The van der Waals surface area contributed by atoms with Gasteiger partial charge in [-0.1, -0.05) is 12.2 Å². The highest BCUT2D eigenvalue weighted by molar-refractivity contribution is 5.93. The van der Waals surface area contributed by atoms with Crippen LogP contribution < -0.4 is 4.90 Å². The van der Waals surface area contributed by atoms with Crippen LogP contribution in [0.2, 0.25) is 0 Å². The minimum atomic E-state index is -0.0138. The molecule has 19 heavy (non-hydrogen) atoms. The van der Waals surface area contributed by atoms with Crippen molar-refractivity contribution in [2.24, 2.45) is 0 Å². The highest BCUT2D eigenvalue weighted by atomic mass is 16.2. The molecule has 0 radical (unpaired) electrons. The van der Waals surface area contributed by atoms with Gasteiger partial charge in [0.15, 0.2) is 0 Å². The molecule has 3 rings (SSSR count). The van der Waals surface area contributed by atoms with Crippen LogP contribution in [0.1, 0.15) is 10.5 Å². The summed E-state index contributed by atoms with van der Waals surface area (Å²) in [4.78, 5) is 20.4. The first-order valence-electron chi connectivity index (χ1n) is 6.25. The molecule has 0 N–H and O–H groups in total. The van der Waals surface area contributed by atoms with Crippen molar-refractivity contribution in [3.8, 4) is 0 Å². The molecule has 2 aromatic rings. The molecule has 0 aromatic carbocycles. The molecular formula is C14H16N4O. The standard InChI is InChI=1S/C14H16N4O/c1-16(2)11-5-6-13-15-12(10-18(13)9-11)14(19)17-7-3-4-8-17/h3-6,9-10H,7-8H2,1-2H3. The van der Waals surface area contributed by atoms with Crippen LogP contribution in [0.5, 0.6) is 0 Å². The number of pyridine rings is 1. The number of imidazole rings is 1. The summed E-state index contributed by atoms with van der Waals surface area (Å²) in [6.07, 6.45) is 7.76. The van der Waals surface area contributed by atoms with Crippen molar-refractivity contribution in [3.63, 3.8) is 0 Å². The van der Waals surface area contributed by atoms with E-state index < -0.39 is 0 Å². The molecule has 1 aliphatic heterocycles. The fraction of sp³-hybridized carbons (Fsp3) is 0.286. The fourth-order valence-corrected chi connectivity index (χ4v) is 2.15. The number of hydrogen-bond donors (Lipinski definition) is 0. The lowest BCUT2D eigenvalue weighted by molar-refractivity contribution is 0.0795. The molecule has 0 saturated carbocycles. The predicted molar refractivity (Wildman–Crippen MR) is 74.6 cm³/mol. The molecule has 1 aliphatic rings. The van der Waals surface area contributed by atoms with Gasteiger partial charge in [-0.05, 0) is 12.1 Å². The van der Waals surface area contributed by atoms with Crippen LogP contribution in [0.4, 0.5) is 5.69 Å². The molecule has 3 heterocycles. The second-order valence-corrected chi connectivity index (χ2v) is 4.85. The van der Waals surface area contributed by atoms with E-state index in [0.29, 0.717) is 18.8 Å². The fourth-order valence-electron chi connectivity index (χ4n) is 2.15. The van der Waals surface area contributed by atoms with E-state index >= 15 is 0 Å². The molecule has 0 aliphatic carbocycles. The molecule has 0 fully saturated rings. The van der Waals surface area contributed by atoms with Crippen LogP contribution in [0.3, 0.4) is 0 Å². The molecule has 0 atom stereocenters. The van der Waals surface area contributed by atoms with Crippen LogP contribution in [-0.2, 0) is 0 Å². The maximum atomic E-state index is 12.2. The second kappa shape index (κ2) is 4.42. The number of amides is 1. The maximum absolute atomic E-state index is 12.2. The first-order chi connectivity index (χ1) is 9.15. The molecular weight excluding hydrogens is 240 g/mol. The Kier molecular flexibility index (Phi) is 2.74. The van der Waals surface area contributed by atoms with Crippen LogP contribution in [0, 0.1) is 0 Å². The molecule has 5 heteroatoms. The van der Waals surface area contributed by atoms with Gasteiger partial charge in [-0.3, -0.25) is 4.79 Å². The van der Waals surface area contributed by atoms with E-state index in [1.807, 2.05) is 53.9 Å². The molecule has 0 saturated heterocycles. The molecule has 0 unspecified atom stereocenters. The molecule has 5 nitrogen and oxygen atoms in total. The molecule has 1 amide bonds. The average Bonchev–Trinajstić information content (AvgIpc) is 3.06. The Balaban J connectivity index is 1.95. The Morgan fingerprint density at radius 3 is 2.63 bits per heavy atom. The number of fused-ring (bicyclic) bond motifs is 1. The quantitative estimate of drug-likeness (QED) is 0.763. The Labute approximate surface area is 111 Å². The van der Waals surface area contributed by atoms with Gasteiger partial charge in [-0.15, -0.1) is 0 Å². The van der Waals surface area contributed by atoms with Crippen molar-refractivity contribution in [2.45, 2.75) is 0 Å². The van der Waals surface area contributed by atoms with Crippen LogP contribution >= 0.6 is 0 Å². The third-order valence-electron chi connectivity index (χ3n) is 3.28. The minimum absolute atomic E-state index is 0.0138. The summed E-state index contributed by atoms with van der Waals surface area (Å²) in [5, 5.41) is 0. The third-order valence-corrected chi connectivity index (χ3v) is 3.28. The van der Waals surface area contributed by atoms with Gasteiger partial charge >= 0.3 is 0 Å². The smallest absolute Gasteiger partial charge is 0.274 e. The van der Waals surface area contributed by atoms with E-state index in [0.717, 1.165) is 11.3 Å². The van der Waals surface area contributed by atoms with Gasteiger partial charge < -0.3 is 14.2 Å². The summed E-state index contributed by atoms with van der Waals surface area (Å²) in [5.41, 5.74) is 2.37. The predicted octanol–water partition coefficient (Wildman–Crippen LogP) is 1.41. The summed E-state index contributed by atoms with van der Waals surface area (Å²) in [6.45, 7) is 1.35. The van der Waals surface area contributed by atoms with Crippen LogP contribution in [-0.4, -0.2) is 47.4 Å². The highest BCUT2D eigenvalue weighted by Crippen LogP contribution is 2.15. The minimum Gasteiger partial charge on any atom is -0.376 e. The number of anilines is 1. The van der Waals surface area contributed by atoms with Crippen molar-refractivity contribution in [2.75, 3.05) is 32.1 Å².